The highest BCUT2D eigenvalue weighted by molar-refractivity contribution is 5.82. The summed E-state index contributed by atoms with van der Waals surface area (Å²) in [5, 5.41) is 19.8. The largest absolute Gasteiger partial charge is 0.480 e. The standard InChI is InChI=1S/C11H20N2O6/c1-7(10(17)19-3)6-13(2)11(18)12-8(4-5-14)9(15)16/h7-8,14H,4-6H2,1-3H3,(H,12,18)(H,15,16)/t7?,8-/m1/s1. The van der Waals surface area contributed by atoms with Crippen LogP contribution in [0.4, 0.5) is 4.79 Å². The van der Waals surface area contributed by atoms with Crippen molar-refractivity contribution < 1.29 is 29.3 Å². The van der Waals surface area contributed by atoms with E-state index in [-0.39, 0.29) is 19.6 Å². The molecule has 0 heterocycles. The topological polar surface area (TPSA) is 116 Å². The Labute approximate surface area is 111 Å². The number of hydrogen-bond donors (Lipinski definition) is 3. The van der Waals surface area contributed by atoms with Gasteiger partial charge in [-0.3, -0.25) is 4.79 Å². The number of methoxy groups -OCH3 is 1. The first-order valence-corrected chi connectivity index (χ1v) is 5.76. The van der Waals surface area contributed by atoms with Crippen LogP contribution in [0.1, 0.15) is 13.3 Å². The average Bonchev–Trinajstić information content (AvgIpc) is 2.36. The lowest BCUT2D eigenvalue weighted by Crippen LogP contribution is -2.48. The molecule has 2 amide bonds. The molecule has 3 N–H and O–H groups in total. The maximum absolute atomic E-state index is 11.7. The van der Waals surface area contributed by atoms with Crippen molar-refractivity contribution in [3.8, 4) is 0 Å². The van der Waals surface area contributed by atoms with Crippen LogP contribution in [0.15, 0.2) is 0 Å². The van der Waals surface area contributed by atoms with Crippen LogP contribution in [-0.2, 0) is 14.3 Å². The lowest BCUT2D eigenvalue weighted by Gasteiger charge is -2.23. The maximum Gasteiger partial charge on any atom is 0.326 e. The van der Waals surface area contributed by atoms with E-state index in [1.807, 2.05) is 0 Å². The summed E-state index contributed by atoms with van der Waals surface area (Å²) in [5.41, 5.74) is 0. The number of carbonyl (C=O) groups excluding carboxylic acids is 2. The van der Waals surface area contributed by atoms with Crippen LogP contribution in [-0.4, -0.2) is 66.4 Å². The second-order valence-corrected chi connectivity index (χ2v) is 4.16. The van der Waals surface area contributed by atoms with Crippen molar-refractivity contribution in [2.24, 2.45) is 5.92 Å². The fourth-order valence-electron chi connectivity index (χ4n) is 1.42. The molecule has 2 atom stereocenters. The Morgan fingerprint density at radius 3 is 2.37 bits per heavy atom. The molecule has 19 heavy (non-hydrogen) atoms. The SMILES string of the molecule is COC(=O)C(C)CN(C)C(=O)N[C@H](CCO)C(=O)O. The zero-order valence-corrected chi connectivity index (χ0v) is 11.3. The molecule has 0 aliphatic carbocycles. The van der Waals surface area contributed by atoms with Gasteiger partial charge in [0, 0.05) is 26.6 Å². The number of urea groups is 1. The van der Waals surface area contributed by atoms with Crippen molar-refractivity contribution in [2.75, 3.05) is 27.3 Å². The van der Waals surface area contributed by atoms with Crippen molar-refractivity contribution in [1.29, 1.82) is 0 Å². The Morgan fingerprint density at radius 2 is 1.95 bits per heavy atom. The number of nitrogens with one attached hydrogen (secondary N) is 1. The minimum Gasteiger partial charge on any atom is -0.480 e. The van der Waals surface area contributed by atoms with E-state index in [9.17, 15) is 14.4 Å². The highest BCUT2D eigenvalue weighted by Gasteiger charge is 2.23. The summed E-state index contributed by atoms with van der Waals surface area (Å²) in [7, 11) is 2.69. The van der Waals surface area contributed by atoms with Gasteiger partial charge in [-0.25, -0.2) is 9.59 Å². The molecule has 0 radical (unpaired) electrons. The average molecular weight is 276 g/mol. The van der Waals surface area contributed by atoms with Gasteiger partial charge in [0.2, 0.25) is 0 Å². The highest BCUT2D eigenvalue weighted by Crippen LogP contribution is 2.02. The van der Waals surface area contributed by atoms with Crippen LogP contribution in [0.3, 0.4) is 0 Å². The number of hydrogen-bond acceptors (Lipinski definition) is 5. The summed E-state index contributed by atoms with van der Waals surface area (Å²) >= 11 is 0. The van der Waals surface area contributed by atoms with Gasteiger partial charge in [-0.05, 0) is 0 Å². The Hall–Kier alpha value is -1.83. The van der Waals surface area contributed by atoms with E-state index >= 15 is 0 Å². The third-order valence-corrected chi connectivity index (χ3v) is 2.51. The summed E-state index contributed by atoms with van der Waals surface area (Å²) in [6.45, 7) is 1.35. The lowest BCUT2D eigenvalue weighted by molar-refractivity contribution is -0.145. The summed E-state index contributed by atoms with van der Waals surface area (Å²) in [6.07, 6.45) is -0.0819. The molecule has 0 aliphatic heterocycles. The molecule has 1 unspecified atom stereocenters. The van der Waals surface area contributed by atoms with E-state index < -0.39 is 29.9 Å². The second-order valence-electron chi connectivity index (χ2n) is 4.16. The number of aliphatic hydroxyl groups is 1. The van der Waals surface area contributed by atoms with Crippen LogP contribution in [0.25, 0.3) is 0 Å². The van der Waals surface area contributed by atoms with Gasteiger partial charge in [-0.15, -0.1) is 0 Å². The van der Waals surface area contributed by atoms with E-state index in [2.05, 4.69) is 10.1 Å². The smallest absolute Gasteiger partial charge is 0.326 e. The minimum absolute atomic E-state index is 0.0819. The maximum atomic E-state index is 11.7. The van der Waals surface area contributed by atoms with Gasteiger partial charge in [0.25, 0.3) is 0 Å². The zero-order valence-electron chi connectivity index (χ0n) is 11.3. The molecule has 8 nitrogen and oxygen atoms in total. The molecule has 0 spiro atoms. The van der Waals surface area contributed by atoms with Crippen LogP contribution in [0, 0.1) is 5.92 Å². The third-order valence-electron chi connectivity index (χ3n) is 2.51. The molecular formula is C11H20N2O6. The van der Waals surface area contributed by atoms with E-state index in [0.29, 0.717) is 0 Å². The number of esters is 1. The quantitative estimate of drug-likeness (QED) is 0.528. The first-order chi connectivity index (χ1) is 8.83. The predicted octanol–water partition coefficient (Wildman–Crippen LogP) is -0.727. The molecule has 0 bridgehead atoms. The van der Waals surface area contributed by atoms with Crippen molar-refractivity contribution in [2.45, 2.75) is 19.4 Å². The second kappa shape index (κ2) is 8.30. The van der Waals surface area contributed by atoms with Gasteiger partial charge >= 0.3 is 18.0 Å². The lowest BCUT2D eigenvalue weighted by atomic mass is 10.2. The molecule has 0 aromatic carbocycles. The number of ether oxygens (including phenoxy) is 1. The molecule has 110 valence electrons. The molecule has 8 heteroatoms. The number of carboxylic acids is 1. The number of carboxylic acid groups (broad SMARTS) is 1. The normalized spacial score (nSPS) is 13.3. The Morgan fingerprint density at radius 1 is 1.37 bits per heavy atom. The van der Waals surface area contributed by atoms with Crippen molar-refractivity contribution in [3.05, 3.63) is 0 Å². The zero-order chi connectivity index (χ0) is 15.0. The van der Waals surface area contributed by atoms with Crippen LogP contribution in [0.5, 0.6) is 0 Å². The molecule has 0 aliphatic rings. The number of carbonyl (C=O) groups is 3. The predicted molar refractivity (Wildman–Crippen MR) is 65.5 cm³/mol. The van der Waals surface area contributed by atoms with Gasteiger partial charge in [-0.1, -0.05) is 6.92 Å². The molecule has 0 fully saturated rings. The monoisotopic (exact) mass is 276 g/mol. The molecule has 0 saturated carbocycles. The molecular weight excluding hydrogens is 256 g/mol. The fourth-order valence-corrected chi connectivity index (χ4v) is 1.42. The highest BCUT2D eigenvalue weighted by atomic mass is 16.5. The van der Waals surface area contributed by atoms with E-state index in [0.717, 1.165) is 0 Å². The first-order valence-electron chi connectivity index (χ1n) is 5.76. The summed E-state index contributed by atoms with van der Waals surface area (Å²) in [4.78, 5) is 34.9. The van der Waals surface area contributed by atoms with Crippen molar-refractivity contribution in [3.63, 3.8) is 0 Å². The molecule has 0 rings (SSSR count). The number of amides is 2. The Balaban J connectivity index is 4.40. The summed E-state index contributed by atoms with van der Waals surface area (Å²) in [5.74, 6) is -2.19. The Bertz CT molecular complexity index is 333. The third kappa shape index (κ3) is 6.05. The first kappa shape index (κ1) is 17.2. The van der Waals surface area contributed by atoms with Crippen LogP contribution in [0.2, 0.25) is 0 Å². The number of aliphatic hydroxyl groups excluding tert-OH is 1. The van der Waals surface area contributed by atoms with Gasteiger partial charge in [-0.2, -0.15) is 0 Å². The van der Waals surface area contributed by atoms with Crippen LogP contribution < -0.4 is 5.32 Å². The van der Waals surface area contributed by atoms with Gasteiger partial charge in [0.15, 0.2) is 0 Å². The number of rotatable bonds is 7. The van der Waals surface area contributed by atoms with Gasteiger partial charge in [0.1, 0.15) is 6.04 Å². The summed E-state index contributed by atoms with van der Waals surface area (Å²) in [6, 6.07) is -1.79. The molecule has 0 aromatic heterocycles. The van der Waals surface area contributed by atoms with Crippen LogP contribution >= 0.6 is 0 Å². The fraction of sp³-hybridized carbons (Fsp3) is 0.727. The van der Waals surface area contributed by atoms with Crippen molar-refractivity contribution >= 4 is 18.0 Å². The number of nitrogens with zero attached hydrogens (tertiary/aromatic N) is 1. The van der Waals surface area contributed by atoms with Gasteiger partial charge < -0.3 is 25.2 Å². The van der Waals surface area contributed by atoms with Gasteiger partial charge in [0.05, 0.1) is 13.0 Å². The summed E-state index contributed by atoms with van der Waals surface area (Å²) < 4.78 is 4.53. The van der Waals surface area contributed by atoms with E-state index in [1.54, 1.807) is 6.92 Å². The Kier molecular flexibility index (Phi) is 7.50. The minimum atomic E-state index is -1.23. The van der Waals surface area contributed by atoms with E-state index in [1.165, 1.54) is 19.1 Å². The molecule has 0 saturated heterocycles. The number of aliphatic carboxylic acids is 1. The van der Waals surface area contributed by atoms with E-state index in [4.69, 9.17) is 10.2 Å². The molecule has 0 aromatic rings. The van der Waals surface area contributed by atoms with Crippen molar-refractivity contribution in [1.82, 2.24) is 10.2 Å².